The molecular weight excluding hydrogens is 568 g/mol. The minimum atomic E-state index is 0.121. The third kappa shape index (κ3) is 4.19. The van der Waals surface area contributed by atoms with E-state index in [0.717, 1.165) is 60.5 Å². The number of rotatable bonds is 3. The van der Waals surface area contributed by atoms with Gasteiger partial charge < -0.3 is 19.1 Å². The van der Waals surface area contributed by atoms with Gasteiger partial charge in [-0.05, 0) is 60.8 Å². The molecule has 0 spiro atoms. The Hall–Kier alpha value is -6.14. The first-order valence-electron chi connectivity index (χ1n) is 15.1. The summed E-state index contributed by atoms with van der Waals surface area (Å²) in [5.74, 6) is 0.121. The van der Waals surface area contributed by atoms with Crippen LogP contribution in [0, 0.1) is 12.3 Å². The molecule has 0 amide bonds. The summed E-state index contributed by atoms with van der Waals surface area (Å²) in [6.07, 6.45) is 0. The van der Waals surface area contributed by atoms with Gasteiger partial charge in [0.15, 0.2) is 0 Å². The van der Waals surface area contributed by atoms with E-state index in [-0.39, 0.29) is 5.84 Å². The summed E-state index contributed by atoms with van der Waals surface area (Å²) < 4.78 is 14.9. The number of nitrogens with zero attached hydrogens (tertiary/aromatic N) is 2. The van der Waals surface area contributed by atoms with E-state index in [1.807, 2.05) is 60.7 Å². The van der Waals surface area contributed by atoms with Gasteiger partial charge >= 0.3 is 0 Å². The van der Waals surface area contributed by atoms with Crippen LogP contribution in [0.15, 0.2) is 135 Å². The molecule has 3 aromatic heterocycles. The molecule has 46 heavy (non-hydrogen) atoms. The second-order valence-corrected chi connectivity index (χ2v) is 11.5. The van der Waals surface area contributed by atoms with Crippen LogP contribution >= 0.6 is 0 Å². The number of nitrogens with two attached hydrogens (primary N) is 1. The Morgan fingerprint density at radius 3 is 1.72 bits per heavy atom. The molecule has 0 radical (unpaired) electrons. The molecule has 0 bridgehead atoms. The summed E-state index contributed by atoms with van der Waals surface area (Å²) in [5, 5.41) is 16.5. The molecule has 0 unspecified atom stereocenters. The standard InChI is InChI=1S/C26H14N2O2.C7H8N2.C7H8/c1-27-12-28-15-6-2-4-13-14-5-3-7-17-22(14)24-19(29-17)10-11-20-26(24)25-18(30-20)9-8-16(28)23(25)21(13)15;8-7(9)6-4-2-1-3-5-6;1-7-5-3-2-4-6-7/h2-11H,1,12H2;1-5H,(H3,8,9);2-6H,1H3. The molecule has 0 fully saturated rings. The highest BCUT2D eigenvalue weighted by atomic mass is 16.3. The first-order valence-corrected chi connectivity index (χ1v) is 15.1. The fourth-order valence-electron chi connectivity index (χ4n) is 6.74. The Bertz CT molecular complexity index is 2660. The van der Waals surface area contributed by atoms with E-state index in [0.29, 0.717) is 6.67 Å². The highest BCUT2D eigenvalue weighted by Crippen LogP contribution is 2.48. The molecule has 10 rings (SSSR count). The number of hydrogen-bond donors (Lipinski definition) is 2. The van der Waals surface area contributed by atoms with Crippen molar-refractivity contribution in [1.29, 1.82) is 5.41 Å². The molecule has 222 valence electrons. The largest absolute Gasteiger partial charge is 0.456 e. The van der Waals surface area contributed by atoms with Gasteiger partial charge in [-0.15, -0.1) is 0 Å². The van der Waals surface area contributed by atoms with Crippen LogP contribution in [0.25, 0.3) is 76.5 Å². The molecule has 6 nitrogen and oxygen atoms in total. The van der Waals surface area contributed by atoms with Gasteiger partial charge in [0.25, 0.3) is 0 Å². The molecule has 6 heteroatoms. The first kappa shape index (κ1) is 27.4. The van der Waals surface area contributed by atoms with Crippen LogP contribution in [0.4, 0.5) is 0 Å². The number of nitrogen functional groups attached to an aromatic ring is 1. The maximum Gasteiger partial charge on any atom is 0.136 e. The van der Waals surface area contributed by atoms with Crippen molar-refractivity contribution in [2.45, 2.75) is 13.6 Å². The number of hydrogen-bond acceptors (Lipinski definition) is 4. The molecular formula is C40H30N4O2. The van der Waals surface area contributed by atoms with Crippen molar-refractivity contribution in [3.63, 3.8) is 0 Å². The predicted molar refractivity (Wildman–Crippen MR) is 192 cm³/mol. The van der Waals surface area contributed by atoms with Gasteiger partial charge in [-0.1, -0.05) is 90.5 Å². The van der Waals surface area contributed by atoms with Crippen molar-refractivity contribution in [2.24, 2.45) is 10.7 Å². The summed E-state index contributed by atoms with van der Waals surface area (Å²) in [6.45, 7) is 6.35. The van der Waals surface area contributed by atoms with Gasteiger partial charge in [0.2, 0.25) is 0 Å². The minimum Gasteiger partial charge on any atom is -0.456 e. The van der Waals surface area contributed by atoms with Crippen LogP contribution in [0.5, 0.6) is 0 Å². The van der Waals surface area contributed by atoms with E-state index in [9.17, 15) is 0 Å². The van der Waals surface area contributed by atoms with Crippen molar-refractivity contribution >= 4 is 89.0 Å². The van der Waals surface area contributed by atoms with Crippen molar-refractivity contribution in [2.75, 3.05) is 0 Å². The molecule has 3 heterocycles. The molecule has 0 saturated heterocycles. The highest BCUT2D eigenvalue weighted by Gasteiger charge is 2.24. The number of aromatic nitrogens is 1. The number of aryl methyl sites for hydroxylation is 1. The third-order valence-corrected chi connectivity index (χ3v) is 8.67. The molecule has 7 aromatic carbocycles. The topological polar surface area (TPSA) is 93.4 Å². The number of nitrogens with one attached hydrogen (secondary N) is 1. The van der Waals surface area contributed by atoms with Gasteiger partial charge in [-0.2, -0.15) is 0 Å². The Labute approximate surface area is 264 Å². The van der Waals surface area contributed by atoms with Gasteiger partial charge in [-0.25, -0.2) is 0 Å². The van der Waals surface area contributed by atoms with Crippen LogP contribution in [0.2, 0.25) is 0 Å². The second-order valence-electron chi connectivity index (χ2n) is 11.5. The number of benzene rings is 6. The van der Waals surface area contributed by atoms with Gasteiger partial charge in [0, 0.05) is 37.9 Å². The fraction of sp³-hybridized carbons (Fsp3) is 0.0500. The lowest BCUT2D eigenvalue weighted by Crippen LogP contribution is -2.10. The predicted octanol–water partition coefficient (Wildman–Crippen LogP) is 10.2. The number of aliphatic imine (C=N–C) groups is 1. The lowest BCUT2D eigenvalue weighted by Gasteiger charge is -2.04. The number of fused-ring (bicyclic) bond motifs is 1. The summed E-state index contributed by atoms with van der Waals surface area (Å²) in [6, 6.07) is 40.6. The maximum absolute atomic E-state index is 7.01. The van der Waals surface area contributed by atoms with Gasteiger partial charge in [-0.3, -0.25) is 10.4 Å². The first-order chi connectivity index (χ1) is 22.5. The number of amidine groups is 1. The Kier molecular flexibility index (Phi) is 6.43. The van der Waals surface area contributed by atoms with Crippen LogP contribution in [0.1, 0.15) is 11.1 Å². The number of furan rings is 2. The van der Waals surface area contributed by atoms with Crippen LogP contribution in [-0.4, -0.2) is 17.1 Å². The van der Waals surface area contributed by atoms with Gasteiger partial charge in [0.1, 0.15) is 34.8 Å². The zero-order valence-corrected chi connectivity index (χ0v) is 25.2. The Morgan fingerprint density at radius 1 is 0.609 bits per heavy atom. The molecule has 0 aliphatic carbocycles. The maximum atomic E-state index is 7.01. The van der Waals surface area contributed by atoms with E-state index in [1.54, 1.807) is 0 Å². The Balaban J connectivity index is 0.000000161. The zero-order chi connectivity index (χ0) is 31.4. The van der Waals surface area contributed by atoms with E-state index >= 15 is 0 Å². The third-order valence-electron chi connectivity index (χ3n) is 8.67. The normalized spacial score (nSPS) is 11.5. The van der Waals surface area contributed by atoms with E-state index in [1.165, 1.54) is 27.1 Å². The lowest BCUT2D eigenvalue weighted by atomic mass is 9.95. The molecule has 0 saturated carbocycles. The average Bonchev–Trinajstić information content (AvgIpc) is 3.75. The Morgan fingerprint density at radius 2 is 1.13 bits per heavy atom. The van der Waals surface area contributed by atoms with Gasteiger partial charge in [0.05, 0.1) is 11.0 Å². The lowest BCUT2D eigenvalue weighted by molar-refractivity contribution is 0.663. The van der Waals surface area contributed by atoms with Crippen molar-refractivity contribution in [3.05, 3.63) is 132 Å². The van der Waals surface area contributed by atoms with Crippen LogP contribution < -0.4 is 5.73 Å². The molecule has 3 N–H and O–H groups in total. The van der Waals surface area contributed by atoms with E-state index in [4.69, 9.17) is 20.0 Å². The average molecular weight is 599 g/mol. The van der Waals surface area contributed by atoms with Crippen molar-refractivity contribution in [3.8, 4) is 0 Å². The van der Waals surface area contributed by atoms with Crippen LogP contribution in [-0.2, 0) is 6.67 Å². The van der Waals surface area contributed by atoms with Crippen molar-refractivity contribution in [1.82, 2.24) is 4.57 Å². The monoisotopic (exact) mass is 598 g/mol. The highest BCUT2D eigenvalue weighted by molar-refractivity contribution is 6.41. The summed E-state index contributed by atoms with van der Waals surface area (Å²) >= 11 is 0. The molecule has 0 aliphatic rings. The van der Waals surface area contributed by atoms with E-state index < -0.39 is 0 Å². The summed E-state index contributed by atoms with van der Waals surface area (Å²) in [4.78, 5) is 4.21. The second kappa shape index (κ2) is 10.8. The molecule has 10 aromatic rings. The molecule has 0 aliphatic heterocycles. The minimum absolute atomic E-state index is 0.121. The van der Waals surface area contributed by atoms with Crippen molar-refractivity contribution < 1.29 is 8.83 Å². The zero-order valence-electron chi connectivity index (χ0n) is 25.2. The summed E-state index contributed by atoms with van der Waals surface area (Å²) in [7, 11) is 0. The smallest absolute Gasteiger partial charge is 0.136 e. The quantitative estimate of drug-likeness (QED) is 0.156. The molecule has 0 atom stereocenters. The van der Waals surface area contributed by atoms with Crippen LogP contribution in [0.3, 0.4) is 0 Å². The SMILES string of the molecule is C=NCn1c2cccc3c4cccc5oc6ccc7oc8ccc1c(c8c7c6c54)c32.Cc1ccccc1.N=C(N)c1ccccc1. The summed E-state index contributed by atoms with van der Waals surface area (Å²) in [5.41, 5.74) is 13.2. The fourth-order valence-corrected chi connectivity index (χ4v) is 6.74. The van der Waals surface area contributed by atoms with E-state index in [2.05, 4.69) is 83.9 Å².